The first-order valence-electron chi connectivity index (χ1n) is 10.3. The largest absolute Gasteiger partial charge is 0.379 e. The van der Waals surface area contributed by atoms with Crippen molar-refractivity contribution in [3.8, 4) is 0 Å². The summed E-state index contributed by atoms with van der Waals surface area (Å²) in [4.78, 5) is 9.85. The van der Waals surface area contributed by atoms with E-state index in [1.807, 2.05) is 0 Å². The summed E-state index contributed by atoms with van der Waals surface area (Å²) in [5, 5.41) is 6.86. The van der Waals surface area contributed by atoms with Crippen molar-refractivity contribution in [2.45, 2.75) is 46.1 Å². The van der Waals surface area contributed by atoms with Crippen molar-refractivity contribution in [1.29, 1.82) is 0 Å². The molecule has 1 unspecified atom stereocenters. The number of halogens is 1. The molecule has 0 aliphatic carbocycles. The first-order valence-corrected chi connectivity index (χ1v) is 10.3. The van der Waals surface area contributed by atoms with Gasteiger partial charge in [0.25, 0.3) is 0 Å². The molecular formula is C19H40IN5O. The maximum Gasteiger partial charge on any atom is 0.191 e. The summed E-state index contributed by atoms with van der Waals surface area (Å²) in [6.07, 6.45) is 3.89. The number of nitrogens with one attached hydrogen (secondary N) is 2. The van der Waals surface area contributed by atoms with E-state index >= 15 is 0 Å². The monoisotopic (exact) mass is 481 g/mol. The van der Waals surface area contributed by atoms with E-state index in [1.54, 1.807) is 0 Å². The number of ether oxygens (including phenoxy) is 1. The highest BCUT2D eigenvalue weighted by Crippen LogP contribution is 2.15. The van der Waals surface area contributed by atoms with E-state index in [0.717, 1.165) is 57.8 Å². The second kappa shape index (κ2) is 14.0. The zero-order chi connectivity index (χ0) is 17.9. The topological polar surface area (TPSA) is 52.1 Å². The van der Waals surface area contributed by atoms with Crippen LogP contribution < -0.4 is 10.6 Å². The molecule has 0 aromatic heterocycles. The molecule has 0 spiro atoms. The Morgan fingerprint density at radius 3 is 2.50 bits per heavy atom. The maximum atomic E-state index is 5.43. The average Bonchev–Trinajstić information content (AvgIpc) is 2.65. The quantitative estimate of drug-likeness (QED) is 0.241. The number of aliphatic imine (C=N–C) groups is 1. The van der Waals surface area contributed by atoms with Crippen molar-refractivity contribution in [1.82, 2.24) is 20.4 Å². The SMILES string of the molecule is CCNC(=NCC(C)N1CCOCC1)NCCCN1CCC(C)CC1.I. The molecule has 0 bridgehead atoms. The molecule has 0 radical (unpaired) electrons. The Morgan fingerprint density at radius 2 is 1.85 bits per heavy atom. The molecule has 1 atom stereocenters. The Morgan fingerprint density at radius 1 is 1.15 bits per heavy atom. The number of hydrogen-bond acceptors (Lipinski definition) is 4. The first-order chi connectivity index (χ1) is 12.2. The summed E-state index contributed by atoms with van der Waals surface area (Å²) < 4.78 is 5.43. The fraction of sp³-hybridized carbons (Fsp3) is 0.947. The van der Waals surface area contributed by atoms with Crippen molar-refractivity contribution in [3.63, 3.8) is 0 Å². The second-order valence-corrected chi connectivity index (χ2v) is 7.52. The van der Waals surface area contributed by atoms with Crippen LogP contribution in [0.15, 0.2) is 4.99 Å². The van der Waals surface area contributed by atoms with E-state index in [4.69, 9.17) is 9.73 Å². The van der Waals surface area contributed by atoms with E-state index in [9.17, 15) is 0 Å². The minimum atomic E-state index is 0. The Kier molecular flexibility index (Phi) is 12.8. The molecule has 2 rings (SSSR count). The van der Waals surface area contributed by atoms with Crippen LogP contribution in [0.25, 0.3) is 0 Å². The van der Waals surface area contributed by atoms with Gasteiger partial charge >= 0.3 is 0 Å². The first kappa shape index (κ1) is 23.9. The number of likely N-dealkylation sites (tertiary alicyclic amines) is 1. The van der Waals surface area contributed by atoms with Crippen LogP contribution in [0.5, 0.6) is 0 Å². The zero-order valence-corrected chi connectivity index (χ0v) is 19.3. The van der Waals surface area contributed by atoms with Gasteiger partial charge in [0.15, 0.2) is 5.96 Å². The summed E-state index contributed by atoms with van der Waals surface area (Å²) in [7, 11) is 0. The summed E-state index contributed by atoms with van der Waals surface area (Å²) in [6, 6.07) is 0.467. The molecule has 2 saturated heterocycles. The van der Waals surface area contributed by atoms with Gasteiger partial charge in [0.2, 0.25) is 0 Å². The van der Waals surface area contributed by atoms with E-state index in [0.29, 0.717) is 6.04 Å². The summed E-state index contributed by atoms with van der Waals surface area (Å²) in [5.74, 6) is 1.87. The van der Waals surface area contributed by atoms with Crippen LogP contribution in [-0.2, 0) is 4.74 Å². The van der Waals surface area contributed by atoms with Crippen LogP contribution >= 0.6 is 24.0 Å². The number of piperidine rings is 1. The number of rotatable bonds is 8. The molecule has 0 amide bonds. The lowest BCUT2D eigenvalue weighted by molar-refractivity contribution is 0.0220. The van der Waals surface area contributed by atoms with Crippen LogP contribution in [0.2, 0.25) is 0 Å². The second-order valence-electron chi connectivity index (χ2n) is 7.52. The number of morpholine rings is 1. The number of nitrogens with zero attached hydrogens (tertiary/aromatic N) is 3. The van der Waals surface area contributed by atoms with Gasteiger partial charge in [-0.2, -0.15) is 0 Å². The van der Waals surface area contributed by atoms with Crippen molar-refractivity contribution in [2.75, 3.05) is 65.6 Å². The van der Waals surface area contributed by atoms with E-state index in [1.165, 1.54) is 38.9 Å². The van der Waals surface area contributed by atoms with E-state index in [-0.39, 0.29) is 24.0 Å². The molecule has 26 heavy (non-hydrogen) atoms. The predicted octanol–water partition coefficient (Wildman–Crippen LogP) is 2.00. The third-order valence-electron chi connectivity index (χ3n) is 5.35. The summed E-state index contributed by atoms with van der Waals surface area (Å²) >= 11 is 0. The van der Waals surface area contributed by atoms with Crippen LogP contribution in [-0.4, -0.2) is 87.4 Å². The predicted molar refractivity (Wildman–Crippen MR) is 121 cm³/mol. The molecule has 7 heteroatoms. The lowest BCUT2D eigenvalue weighted by atomic mass is 9.99. The van der Waals surface area contributed by atoms with Crippen LogP contribution in [0.4, 0.5) is 0 Å². The van der Waals surface area contributed by atoms with Gasteiger partial charge in [-0.3, -0.25) is 9.89 Å². The van der Waals surface area contributed by atoms with Crippen molar-refractivity contribution in [2.24, 2.45) is 10.9 Å². The Labute approximate surface area is 177 Å². The molecule has 0 aromatic rings. The van der Waals surface area contributed by atoms with Gasteiger partial charge in [-0.1, -0.05) is 6.92 Å². The van der Waals surface area contributed by atoms with Gasteiger partial charge in [0.1, 0.15) is 0 Å². The van der Waals surface area contributed by atoms with Crippen molar-refractivity contribution in [3.05, 3.63) is 0 Å². The standard InChI is InChI=1S/C19H39N5O.HI/c1-4-20-19(22-16-18(3)24-12-14-25-15-13-24)21-8-5-9-23-10-6-17(2)7-11-23;/h17-18H,4-16H2,1-3H3,(H2,20,21,22);1H. The molecule has 2 aliphatic heterocycles. The fourth-order valence-electron chi connectivity index (χ4n) is 3.49. The minimum absolute atomic E-state index is 0. The molecule has 2 N–H and O–H groups in total. The highest BCUT2D eigenvalue weighted by molar-refractivity contribution is 14.0. The van der Waals surface area contributed by atoms with Gasteiger partial charge in [-0.05, 0) is 58.7 Å². The third kappa shape index (κ3) is 9.19. The van der Waals surface area contributed by atoms with Crippen LogP contribution in [0.3, 0.4) is 0 Å². The van der Waals surface area contributed by atoms with Crippen molar-refractivity contribution < 1.29 is 4.74 Å². The van der Waals surface area contributed by atoms with E-state index < -0.39 is 0 Å². The lowest BCUT2D eigenvalue weighted by Crippen LogP contribution is -2.44. The molecular weight excluding hydrogens is 441 g/mol. The lowest BCUT2D eigenvalue weighted by Gasteiger charge is -2.31. The molecule has 2 fully saturated rings. The molecule has 154 valence electrons. The average molecular weight is 481 g/mol. The molecule has 2 heterocycles. The molecule has 0 aromatic carbocycles. The zero-order valence-electron chi connectivity index (χ0n) is 17.0. The Hall–Kier alpha value is -0.120. The highest BCUT2D eigenvalue weighted by atomic mass is 127. The van der Waals surface area contributed by atoms with Crippen molar-refractivity contribution >= 4 is 29.9 Å². The van der Waals surface area contributed by atoms with Gasteiger partial charge in [0.05, 0.1) is 19.8 Å². The highest BCUT2D eigenvalue weighted by Gasteiger charge is 2.17. The Balaban J connectivity index is 0.00000338. The van der Waals surface area contributed by atoms with Crippen LogP contribution in [0.1, 0.15) is 40.0 Å². The van der Waals surface area contributed by atoms with E-state index in [2.05, 4.69) is 41.2 Å². The minimum Gasteiger partial charge on any atom is -0.379 e. The maximum absolute atomic E-state index is 5.43. The van der Waals surface area contributed by atoms with Crippen LogP contribution in [0, 0.1) is 5.92 Å². The van der Waals surface area contributed by atoms with Gasteiger partial charge < -0.3 is 20.3 Å². The molecule has 2 aliphatic rings. The van der Waals surface area contributed by atoms with Gasteiger partial charge in [-0.25, -0.2) is 0 Å². The number of hydrogen-bond donors (Lipinski definition) is 2. The Bertz CT molecular complexity index is 382. The normalized spacial score (nSPS) is 21.9. The third-order valence-corrected chi connectivity index (χ3v) is 5.35. The molecule has 0 saturated carbocycles. The van der Waals surface area contributed by atoms with Gasteiger partial charge in [-0.15, -0.1) is 24.0 Å². The summed E-state index contributed by atoms with van der Waals surface area (Å²) in [5.41, 5.74) is 0. The van der Waals surface area contributed by atoms with Gasteiger partial charge in [0, 0.05) is 32.2 Å². The fourth-order valence-corrected chi connectivity index (χ4v) is 3.49. The molecule has 6 nitrogen and oxygen atoms in total. The number of guanidine groups is 1. The smallest absolute Gasteiger partial charge is 0.191 e. The summed E-state index contributed by atoms with van der Waals surface area (Å²) in [6.45, 7) is 17.0.